The van der Waals surface area contributed by atoms with Crippen LogP contribution in [0.2, 0.25) is 0 Å². The SMILES string of the molecule is Cc1ccc2nc(CCl)n(CCC(=O)NC3CC3)c2n1. The summed E-state index contributed by atoms with van der Waals surface area (Å²) in [5.41, 5.74) is 2.57. The molecule has 2 aromatic rings. The summed E-state index contributed by atoms with van der Waals surface area (Å²) in [5.74, 6) is 1.17. The lowest BCUT2D eigenvalue weighted by Crippen LogP contribution is -2.26. The number of pyridine rings is 1. The fourth-order valence-electron chi connectivity index (χ4n) is 2.22. The lowest BCUT2D eigenvalue weighted by atomic mass is 10.3. The van der Waals surface area contributed by atoms with E-state index in [9.17, 15) is 4.79 Å². The van der Waals surface area contributed by atoms with Gasteiger partial charge in [-0.15, -0.1) is 11.6 Å². The largest absolute Gasteiger partial charge is 0.353 e. The maximum Gasteiger partial charge on any atom is 0.222 e. The smallest absolute Gasteiger partial charge is 0.222 e. The molecule has 1 aliphatic carbocycles. The van der Waals surface area contributed by atoms with E-state index in [1.165, 1.54) is 0 Å². The highest BCUT2D eigenvalue weighted by Crippen LogP contribution is 2.19. The van der Waals surface area contributed by atoms with E-state index in [-0.39, 0.29) is 5.91 Å². The van der Waals surface area contributed by atoms with Gasteiger partial charge in [0.1, 0.15) is 11.3 Å². The van der Waals surface area contributed by atoms with E-state index in [0.29, 0.717) is 24.9 Å². The minimum atomic E-state index is 0.0857. The summed E-state index contributed by atoms with van der Waals surface area (Å²) in [4.78, 5) is 20.8. The van der Waals surface area contributed by atoms with Crippen molar-refractivity contribution >= 4 is 28.7 Å². The molecular formula is C14H17ClN4O. The number of rotatable bonds is 5. The summed E-state index contributed by atoms with van der Waals surface area (Å²) >= 11 is 5.94. The van der Waals surface area contributed by atoms with Crippen LogP contribution in [0.5, 0.6) is 0 Å². The van der Waals surface area contributed by atoms with Gasteiger partial charge in [-0.2, -0.15) is 0 Å². The Morgan fingerprint density at radius 2 is 2.25 bits per heavy atom. The Morgan fingerprint density at radius 1 is 1.45 bits per heavy atom. The predicted octanol–water partition coefficient (Wildman–Crippen LogP) is 2.15. The molecule has 20 heavy (non-hydrogen) atoms. The number of fused-ring (bicyclic) bond motifs is 1. The normalized spacial score (nSPS) is 14.7. The van der Waals surface area contributed by atoms with Crippen LogP contribution in [-0.4, -0.2) is 26.5 Å². The summed E-state index contributed by atoms with van der Waals surface area (Å²) in [6.07, 6.45) is 2.64. The average molecular weight is 293 g/mol. The Kier molecular flexibility index (Phi) is 3.61. The number of amides is 1. The summed E-state index contributed by atoms with van der Waals surface area (Å²) < 4.78 is 1.95. The van der Waals surface area contributed by atoms with Crippen molar-refractivity contribution in [3.8, 4) is 0 Å². The van der Waals surface area contributed by atoms with Crippen LogP contribution in [0.15, 0.2) is 12.1 Å². The fourth-order valence-corrected chi connectivity index (χ4v) is 2.43. The standard InChI is InChI=1S/C14H17ClN4O/c1-9-2-5-11-14(16-9)19(12(8-15)18-11)7-6-13(20)17-10-3-4-10/h2,5,10H,3-4,6-8H2,1H3,(H,17,20). The van der Waals surface area contributed by atoms with Gasteiger partial charge >= 0.3 is 0 Å². The van der Waals surface area contributed by atoms with Gasteiger partial charge in [0.15, 0.2) is 5.65 Å². The van der Waals surface area contributed by atoms with E-state index in [1.54, 1.807) is 0 Å². The van der Waals surface area contributed by atoms with Crippen molar-refractivity contribution in [2.75, 3.05) is 0 Å². The monoisotopic (exact) mass is 292 g/mol. The van der Waals surface area contributed by atoms with E-state index in [0.717, 1.165) is 35.5 Å². The van der Waals surface area contributed by atoms with Gasteiger partial charge in [-0.1, -0.05) is 0 Å². The lowest BCUT2D eigenvalue weighted by Gasteiger charge is -2.07. The zero-order valence-electron chi connectivity index (χ0n) is 11.4. The molecule has 1 saturated carbocycles. The molecule has 0 aliphatic heterocycles. The topological polar surface area (TPSA) is 59.8 Å². The van der Waals surface area contributed by atoms with Crippen molar-refractivity contribution in [3.05, 3.63) is 23.7 Å². The van der Waals surface area contributed by atoms with E-state index in [2.05, 4.69) is 15.3 Å². The Hall–Kier alpha value is -1.62. The van der Waals surface area contributed by atoms with Crippen LogP contribution in [0.4, 0.5) is 0 Å². The zero-order chi connectivity index (χ0) is 14.1. The minimum Gasteiger partial charge on any atom is -0.353 e. The summed E-state index contributed by atoms with van der Waals surface area (Å²) in [7, 11) is 0. The van der Waals surface area contributed by atoms with Crippen molar-refractivity contribution < 1.29 is 4.79 Å². The first-order valence-electron chi connectivity index (χ1n) is 6.85. The number of nitrogens with zero attached hydrogens (tertiary/aromatic N) is 3. The Balaban J connectivity index is 1.80. The van der Waals surface area contributed by atoms with E-state index >= 15 is 0 Å². The van der Waals surface area contributed by atoms with Crippen LogP contribution in [0.25, 0.3) is 11.2 Å². The molecule has 2 aromatic heterocycles. The molecule has 6 heteroatoms. The number of hydrogen-bond acceptors (Lipinski definition) is 3. The molecule has 0 saturated heterocycles. The maximum atomic E-state index is 11.8. The van der Waals surface area contributed by atoms with Crippen LogP contribution in [0.1, 0.15) is 30.8 Å². The third-order valence-electron chi connectivity index (χ3n) is 3.43. The molecule has 1 N–H and O–H groups in total. The van der Waals surface area contributed by atoms with Crippen molar-refractivity contribution in [3.63, 3.8) is 0 Å². The average Bonchev–Trinajstić information content (AvgIpc) is 3.16. The summed E-state index contributed by atoms with van der Waals surface area (Å²) in [6, 6.07) is 4.27. The Bertz CT molecular complexity index is 648. The van der Waals surface area contributed by atoms with Crippen LogP contribution in [0.3, 0.4) is 0 Å². The molecule has 1 aliphatic rings. The minimum absolute atomic E-state index is 0.0857. The summed E-state index contributed by atoms with van der Waals surface area (Å²) in [5, 5.41) is 2.99. The molecule has 0 radical (unpaired) electrons. The number of imidazole rings is 1. The highest BCUT2D eigenvalue weighted by atomic mass is 35.5. The molecule has 106 valence electrons. The van der Waals surface area contributed by atoms with Crippen LogP contribution in [0, 0.1) is 6.92 Å². The number of alkyl halides is 1. The van der Waals surface area contributed by atoms with Gasteiger partial charge in [-0.3, -0.25) is 4.79 Å². The second-order valence-corrected chi connectivity index (χ2v) is 5.47. The van der Waals surface area contributed by atoms with Crippen LogP contribution < -0.4 is 5.32 Å². The maximum absolute atomic E-state index is 11.8. The van der Waals surface area contributed by atoms with Gasteiger partial charge in [-0.25, -0.2) is 9.97 Å². The first kappa shape index (κ1) is 13.4. The molecular weight excluding hydrogens is 276 g/mol. The van der Waals surface area contributed by atoms with Crippen molar-refractivity contribution in [1.82, 2.24) is 19.9 Å². The molecule has 1 amide bonds. The molecule has 0 unspecified atom stereocenters. The van der Waals surface area contributed by atoms with E-state index < -0.39 is 0 Å². The lowest BCUT2D eigenvalue weighted by molar-refractivity contribution is -0.121. The third kappa shape index (κ3) is 2.77. The molecule has 3 rings (SSSR count). The van der Waals surface area contributed by atoms with Gasteiger partial charge < -0.3 is 9.88 Å². The highest BCUT2D eigenvalue weighted by Gasteiger charge is 2.23. The third-order valence-corrected chi connectivity index (χ3v) is 3.67. The van der Waals surface area contributed by atoms with Gasteiger partial charge in [0, 0.05) is 24.7 Å². The van der Waals surface area contributed by atoms with Gasteiger partial charge in [-0.05, 0) is 31.9 Å². The molecule has 5 nitrogen and oxygen atoms in total. The Labute approximate surface area is 122 Å². The molecule has 0 spiro atoms. The number of carbonyl (C=O) groups excluding carboxylic acids is 1. The second-order valence-electron chi connectivity index (χ2n) is 5.20. The molecule has 0 atom stereocenters. The second kappa shape index (κ2) is 5.40. The van der Waals surface area contributed by atoms with Gasteiger partial charge in [0.05, 0.1) is 5.88 Å². The van der Waals surface area contributed by atoms with E-state index in [1.807, 2.05) is 23.6 Å². The number of aromatic nitrogens is 3. The fraction of sp³-hybridized carbons (Fsp3) is 0.500. The van der Waals surface area contributed by atoms with E-state index in [4.69, 9.17) is 11.6 Å². The molecule has 1 fully saturated rings. The first-order chi connectivity index (χ1) is 9.67. The number of hydrogen-bond donors (Lipinski definition) is 1. The number of carbonyl (C=O) groups is 1. The first-order valence-corrected chi connectivity index (χ1v) is 7.39. The number of halogens is 1. The zero-order valence-corrected chi connectivity index (χ0v) is 12.2. The van der Waals surface area contributed by atoms with Gasteiger partial charge in [0.2, 0.25) is 5.91 Å². The summed E-state index contributed by atoms with van der Waals surface area (Å²) in [6.45, 7) is 2.50. The Morgan fingerprint density at radius 3 is 2.95 bits per heavy atom. The highest BCUT2D eigenvalue weighted by molar-refractivity contribution is 6.16. The predicted molar refractivity (Wildman–Crippen MR) is 77.6 cm³/mol. The quantitative estimate of drug-likeness (QED) is 0.859. The van der Waals surface area contributed by atoms with Gasteiger partial charge in [0.25, 0.3) is 0 Å². The van der Waals surface area contributed by atoms with Crippen LogP contribution in [-0.2, 0) is 17.2 Å². The number of aryl methyl sites for hydroxylation is 2. The molecule has 0 aromatic carbocycles. The van der Waals surface area contributed by atoms with Crippen molar-refractivity contribution in [2.45, 2.75) is 44.7 Å². The molecule has 2 heterocycles. The van der Waals surface area contributed by atoms with Crippen molar-refractivity contribution in [1.29, 1.82) is 0 Å². The number of nitrogens with one attached hydrogen (secondary N) is 1. The molecule has 0 bridgehead atoms. The van der Waals surface area contributed by atoms with Crippen LogP contribution >= 0.6 is 11.6 Å². The van der Waals surface area contributed by atoms with Crippen molar-refractivity contribution in [2.24, 2.45) is 0 Å².